The molecule has 0 radical (unpaired) electrons. The monoisotopic (exact) mass is 292 g/mol. The predicted molar refractivity (Wildman–Crippen MR) is 80.4 cm³/mol. The van der Waals surface area contributed by atoms with Crippen LogP contribution in [0.25, 0.3) is 0 Å². The highest BCUT2D eigenvalue weighted by Gasteiger charge is 2.60. The van der Waals surface area contributed by atoms with Crippen LogP contribution < -0.4 is 5.32 Å². The number of carbonyl (C=O) groups is 1. The molecule has 1 aliphatic heterocycles. The number of halogens is 1. The van der Waals surface area contributed by atoms with Crippen molar-refractivity contribution in [2.24, 2.45) is 5.92 Å². The summed E-state index contributed by atoms with van der Waals surface area (Å²) in [5.41, 5.74) is 0.826. The van der Waals surface area contributed by atoms with Gasteiger partial charge in [-0.15, -0.1) is 0 Å². The fourth-order valence-electron chi connectivity index (χ4n) is 2.87. The van der Waals surface area contributed by atoms with Gasteiger partial charge in [-0.2, -0.15) is 0 Å². The molecular formula is C16H21ClN2O. The Morgan fingerprint density at radius 3 is 2.35 bits per heavy atom. The number of benzene rings is 1. The van der Waals surface area contributed by atoms with E-state index in [1.807, 2.05) is 29.2 Å². The lowest BCUT2D eigenvalue weighted by atomic mass is 10.0. The smallest absolute Gasteiger partial charge is 0.244 e. The molecule has 1 aliphatic carbocycles. The van der Waals surface area contributed by atoms with Gasteiger partial charge in [0.25, 0.3) is 0 Å². The topological polar surface area (TPSA) is 32.3 Å². The van der Waals surface area contributed by atoms with Gasteiger partial charge in [0, 0.05) is 11.1 Å². The van der Waals surface area contributed by atoms with Crippen molar-refractivity contribution in [2.45, 2.75) is 51.4 Å². The van der Waals surface area contributed by atoms with E-state index in [4.69, 9.17) is 11.6 Å². The molecule has 2 fully saturated rings. The third-order valence-electron chi connectivity index (χ3n) is 4.67. The van der Waals surface area contributed by atoms with Gasteiger partial charge in [0.2, 0.25) is 5.91 Å². The zero-order chi connectivity index (χ0) is 14.5. The van der Waals surface area contributed by atoms with Crippen molar-refractivity contribution in [3.8, 4) is 0 Å². The Balaban J connectivity index is 1.95. The van der Waals surface area contributed by atoms with Gasteiger partial charge in [-0.25, -0.2) is 0 Å². The molecule has 1 aromatic rings. The molecular weight excluding hydrogens is 272 g/mol. The van der Waals surface area contributed by atoms with E-state index < -0.39 is 0 Å². The summed E-state index contributed by atoms with van der Waals surface area (Å²) in [4.78, 5) is 14.8. The highest BCUT2D eigenvalue weighted by molar-refractivity contribution is 6.30. The van der Waals surface area contributed by atoms with Crippen LogP contribution in [0.3, 0.4) is 0 Å². The van der Waals surface area contributed by atoms with Crippen LogP contribution in [-0.4, -0.2) is 22.4 Å². The second kappa shape index (κ2) is 4.74. The van der Waals surface area contributed by atoms with Crippen LogP contribution in [0, 0.1) is 5.92 Å². The molecule has 1 saturated carbocycles. The standard InChI is InChI=1S/C16H21ClN2O/c1-10(2)11(3)19-14(12-4-6-13(17)7-5-12)18-16(8-9-16)15(19)20/h4-7,10-11,14,18H,8-9H2,1-3H3. The van der Waals surface area contributed by atoms with Crippen molar-refractivity contribution >= 4 is 17.5 Å². The van der Waals surface area contributed by atoms with E-state index in [9.17, 15) is 4.79 Å². The second-order valence-electron chi connectivity index (χ2n) is 6.38. The van der Waals surface area contributed by atoms with Gasteiger partial charge in [-0.3, -0.25) is 10.1 Å². The fourth-order valence-corrected chi connectivity index (χ4v) is 3.00. The highest BCUT2D eigenvalue weighted by Crippen LogP contribution is 2.47. The molecule has 1 saturated heterocycles. The Hall–Kier alpha value is -1.06. The normalized spacial score (nSPS) is 25.6. The third kappa shape index (κ3) is 2.13. The van der Waals surface area contributed by atoms with Crippen molar-refractivity contribution < 1.29 is 4.79 Å². The SMILES string of the molecule is CC(C)C(C)N1C(=O)C2(CC2)NC1c1ccc(Cl)cc1. The molecule has 1 aromatic carbocycles. The minimum Gasteiger partial charge on any atom is -0.318 e. The Labute approximate surface area is 125 Å². The summed E-state index contributed by atoms with van der Waals surface area (Å²) in [6, 6.07) is 8.01. The molecule has 2 aliphatic rings. The van der Waals surface area contributed by atoms with Crippen LogP contribution in [-0.2, 0) is 4.79 Å². The molecule has 4 heteroatoms. The van der Waals surface area contributed by atoms with Crippen molar-refractivity contribution in [3.63, 3.8) is 0 Å². The summed E-state index contributed by atoms with van der Waals surface area (Å²) in [5.74, 6) is 0.697. The molecule has 1 N–H and O–H groups in total. The summed E-state index contributed by atoms with van der Waals surface area (Å²) in [6.07, 6.45) is 1.88. The van der Waals surface area contributed by atoms with E-state index in [0.717, 1.165) is 23.4 Å². The van der Waals surface area contributed by atoms with Crippen LogP contribution in [0.5, 0.6) is 0 Å². The average molecular weight is 293 g/mol. The van der Waals surface area contributed by atoms with E-state index in [1.54, 1.807) is 0 Å². The summed E-state index contributed by atoms with van der Waals surface area (Å²) in [5, 5.41) is 4.27. The molecule has 3 rings (SSSR count). The summed E-state index contributed by atoms with van der Waals surface area (Å²) in [7, 11) is 0. The number of amides is 1. The second-order valence-corrected chi connectivity index (χ2v) is 6.81. The van der Waals surface area contributed by atoms with Crippen LogP contribution >= 0.6 is 11.6 Å². The molecule has 108 valence electrons. The van der Waals surface area contributed by atoms with E-state index in [0.29, 0.717) is 5.92 Å². The zero-order valence-electron chi connectivity index (χ0n) is 12.2. The highest BCUT2D eigenvalue weighted by atomic mass is 35.5. The number of hydrogen-bond donors (Lipinski definition) is 1. The minimum atomic E-state index is -0.284. The number of nitrogens with one attached hydrogen (secondary N) is 1. The van der Waals surface area contributed by atoms with Crippen molar-refractivity contribution in [2.75, 3.05) is 0 Å². The van der Waals surface area contributed by atoms with Crippen molar-refractivity contribution in [1.29, 1.82) is 0 Å². The molecule has 2 atom stereocenters. The Morgan fingerprint density at radius 1 is 1.25 bits per heavy atom. The van der Waals surface area contributed by atoms with Gasteiger partial charge in [0.05, 0.1) is 0 Å². The molecule has 0 aromatic heterocycles. The maximum absolute atomic E-state index is 12.7. The first kappa shape index (κ1) is 13.9. The first-order valence-electron chi connectivity index (χ1n) is 7.30. The van der Waals surface area contributed by atoms with Crippen LogP contribution in [0.15, 0.2) is 24.3 Å². The molecule has 1 spiro atoms. The summed E-state index contributed by atoms with van der Waals surface area (Å²) < 4.78 is 0. The van der Waals surface area contributed by atoms with Gasteiger partial charge in [0.15, 0.2) is 0 Å². The summed E-state index contributed by atoms with van der Waals surface area (Å²) in [6.45, 7) is 6.46. The van der Waals surface area contributed by atoms with Gasteiger partial charge >= 0.3 is 0 Å². The molecule has 2 unspecified atom stereocenters. The maximum Gasteiger partial charge on any atom is 0.244 e. The van der Waals surface area contributed by atoms with E-state index in [1.165, 1.54) is 0 Å². The number of nitrogens with zero attached hydrogens (tertiary/aromatic N) is 1. The number of hydrogen-bond acceptors (Lipinski definition) is 2. The van der Waals surface area contributed by atoms with Gasteiger partial charge < -0.3 is 4.90 Å². The first-order chi connectivity index (χ1) is 9.44. The van der Waals surface area contributed by atoms with Crippen LogP contribution in [0.2, 0.25) is 5.02 Å². The lowest BCUT2D eigenvalue weighted by Crippen LogP contribution is -2.41. The van der Waals surface area contributed by atoms with E-state index in [-0.39, 0.29) is 23.7 Å². The van der Waals surface area contributed by atoms with Gasteiger partial charge in [-0.1, -0.05) is 37.6 Å². The molecule has 0 bridgehead atoms. The van der Waals surface area contributed by atoms with Crippen molar-refractivity contribution in [1.82, 2.24) is 10.2 Å². The largest absolute Gasteiger partial charge is 0.318 e. The maximum atomic E-state index is 12.7. The Morgan fingerprint density at radius 2 is 1.85 bits per heavy atom. The van der Waals surface area contributed by atoms with E-state index in [2.05, 4.69) is 26.1 Å². The zero-order valence-corrected chi connectivity index (χ0v) is 12.9. The predicted octanol–water partition coefficient (Wildman–Crippen LogP) is 3.35. The fraction of sp³-hybridized carbons (Fsp3) is 0.562. The quantitative estimate of drug-likeness (QED) is 0.926. The Bertz CT molecular complexity index is 522. The van der Waals surface area contributed by atoms with Gasteiger partial charge in [-0.05, 0) is 43.4 Å². The lowest BCUT2D eigenvalue weighted by Gasteiger charge is -2.33. The number of rotatable bonds is 3. The van der Waals surface area contributed by atoms with Crippen LogP contribution in [0.4, 0.5) is 0 Å². The molecule has 20 heavy (non-hydrogen) atoms. The van der Waals surface area contributed by atoms with Crippen molar-refractivity contribution in [3.05, 3.63) is 34.9 Å². The molecule has 1 heterocycles. The first-order valence-corrected chi connectivity index (χ1v) is 7.68. The third-order valence-corrected chi connectivity index (χ3v) is 4.93. The summed E-state index contributed by atoms with van der Waals surface area (Å²) >= 11 is 5.96. The minimum absolute atomic E-state index is 0.0281. The number of carbonyl (C=O) groups excluding carboxylic acids is 1. The van der Waals surface area contributed by atoms with Gasteiger partial charge in [0.1, 0.15) is 11.7 Å². The van der Waals surface area contributed by atoms with E-state index >= 15 is 0 Å². The van der Waals surface area contributed by atoms with Crippen LogP contribution in [0.1, 0.15) is 45.3 Å². The lowest BCUT2D eigenvalue weighted by molar-refractivity contribution is -0.133. The average Bonchev–Trinajstić information content (AvgIpc) is 3.13. The molecule has 1 amide bonds. The molecule has 3 nitrogen and oxygen atoms in total. The Kier molecular flexibility index (Phi) is 3.30.